The van der Waals surface area contributed by atoms with E-state index in [-0.39, 0.29) is 35.6 Å². The maximum atomic E-state index is 14.2. The van der Waals surface area contributed by atoms with Gasteiger partial charge in [0.25, 0.3) is 5.91 Å². The molecule has 2 saturated heterocycles. The van der Waals surface area contributed by atoms with Crippen LogP contribution in [0.5, 0.6) is 11.8 Å². The Morgan fingerprint density at radius 2 is 1.69 bits per heavy atom. The Morgan fingerprint density at radius 3 is 2.47 bits per heavy atom. The third-order valence-electron chi connectivity index (χ3n) is 6.25. The van der Waals surface area contributed by atoms with Crippen LogP contribution in [0.1, 0.15) is 16.1 Å². The Morgan fingerprint density at radius 1 is 0.972 bits per heavy atom. The zero-order chi connectivity index (χ0) is 24.9. The lowest BCUT2D eigenvalue weighted by Crippen LogP contribution is -2.46. The lowest BCUT2D eigenvalue weighted by molar-refractivity contribution is -0.139. The molecule has 186 valence electrons. The van der Waals surface area contributed by atoms with Crippen molar-refractivity contribution in [1.29, 1.82) is 0 Å². The summed E-state index contributed by atoms with van der Waals surface area (Å²) < 4.78 is 25.4. The van der Waals surface area contributed by atoms with Crippen LogP contribution < -0.4 is 4.74 Å². The second kappa shape index (κ2) is 10.8. The van der Waals surface area contributed by atoms with Gasteiger partial charge in [0.1, 0.15) is 17.3 Å². The molecule has 2 fully saturated rings. The summed E-state index contributed by atoms with van der Waals surface area (Å²) in [4.78, 5) is 37.5. The average Bonchev–Trinajstić information content (AvgIpc) is 3.37. The van der Waals surface area contributed by atoms with Gasteiger partial charge in [-0.1, -0.05) is 36.4 Å². The van der Waals surface area contributed by atoms with E-state index in [1.807, 2.05) is 18.2 Å². The van der Waals surface area contributed by atoms with Gasteiger partial charge in [-0.05, 0) is 29.8 Å². The summed E-state index contributed by atoms with van der Waals surface area (Å²) in [5, 5.41) is 2.81. The molecule has 3 aromatic rings. The predicted octanol–water partition coefficient (Wildman–Crippen LogP) is 2.55. The fraction of sp³-hybridized carbons (Fsp3) is 0.308. The van der Waals surface area contributed by atoms with Gasteiger partial charge in [-0.3, -0.25) is 14.5 Å². The molecule has 0 radical (unpaired) electrons. The summed E-state index contributed by atoms with van der Waals surface area (Å²) in [5.74, 6) is -0.726. The maximum absolute atomic E-state index is 14.2. The molecule has 9 nitrogen and oxygen atoms in total. The second-order valence-electron chi connectivity index (χ2n) is 8.57. The van der Waals surface area contributed by atoms with Crippen LogP contribution in [-0.2, 0) is 16.0 Å². The molecule has 5 rings (SSSR count). The quantitative estimate of drug-likeness (QED) is 0.524. The van der Waals surface area contributed by atoms with Gasteiger partial charge in [0, 0.05) is 25.3 Å². The SMILES string of the molecule is O=C(Cc1ccccc1F)N1CC(N2CCOCC2)CN1C(=O)c1ccnc(Oc2ccccc2)n1. The monoisotopic (exact) mass is 491 g/mol. The smallest absolute Gasteiger partial charge is 0.322 e. The van der Waals surface area contributed by atoms with E-state index in [9.17, 15) is 14.0 Å². The van der Waals surface area contributed by atoms with Crippen molar-refractivity contribution in [3.05, 3.63) is 83.9 Å². The number of ether oxygens (including phenoxy) is 2. The number of aromatic nitrogens is 2. The number of hydrogen-bond donors (Lipinski definition) is 0. The van der Waals surface area contributed by atoms with Gasteiger partial charge in [-0.2, -0.15) is 4.98 Å². The first-order chi connectivity index (χ1) is 17.6. The third kappa shape index (κ3) is 5.34. The second-order valence-corrected chi connectivity index (χ2v) is 8.57. The average molecular weight is 492 g/mol. The van der Waals surface area contributed by atoms with Crippen LogP contribution in [0.2, 0.25) is 0 Å². The standard InChI is InChI=1S/C26H26FN5O4/c27-22-9-5-4-6-19(22)16-24(33)31-17-20(30-12-14-35-15-13-30)18-32(31)25(34)23-10-11-28-26(29-23)36-21-7-2-1-3-8-21/h1-11,20H,12-18H2. The fourth-order valence-corrected chi connectivity index (χ4v) is 4.39. The van der Waals surface area contributed by atoms with Crippen molar-refractivity contribution in [1.82, 2.24) is 24.9 Å². The van der Waals surface area contributed by atoms with Crippen molar-refractivity contribution >= 4 is 11.8 Å². The minimum absolute atomic E-state index is 0.0280. The largest absolute Gasteiger partial charge is 0.424 e. The topological polar surface area (TPSA) is 88.1 Å². The zero-order valence-corrected chi connectivity index (χ0v) is 19.6. The van der Waals surface area contributed by atoms with Crippen molar-refractivity contribution in [2.75, 3.05) is 39.4 Å². The molecular weight excluding hydrogens is 465 g/mol. The van der Waals surface area contributed by atoms with Crippen molar-refractivity contribution < 1.29 is 23.5 Å². The van der Waals surface area contributed by atoms with Crippen molar-refractivity contribution in [3.63, 3.8) is 0 Å². The zero-order valence-electron chi connectivity index (χ0n) is 19.6. The first-order valence-corrected chi connectivity index (χ1v) is 11.8. The highest BCUT2D eigenvalue weighted by Crippen LogP contribution is 2.23. The van der Waals surface area contributed by atoms with Gasteiger partial charge in [0.15, 0.2) is 0 Å². The van der Waals surface area contributed by atoms with Gasteiger partial charge in [0.2, 0.25) is 5.91 Å². The van der Waals surface area contributed by atoms with Crippen molar-refractivity contribution in [2.45, 2.75) is 12.5 Å². The molecule has 0 spiro atoms. The number of hydrogen-bond acceptors (Lipinski definition) is 7. The predicted molar refractivity (Wildman–Crippen MR) is 128 cm³/mol. The molecule has 36 heavy (non-hydrogen) atoms. The molecule has 10 heteroatoms. The van der Waals surface area contributed by atoms with E-state index in [2.05, 4.69) is 14.9 Å². The lowest BCUT2D eigenvalue weighted by Gasteiger charge is -2.31. The molecular formula is C26H26FN5O4. The third-order valence-corrected chi connectivity index (χ3v) is 6.25. The lowest BCUT2D eigenvalue weighted by atomic mass is 10.1. The number of benzene rings is 2. The van der Waals surface area contributed by atoms with Crippen LogP contribution in [0.3, 0.4) is 0 Å². The van der Waals surface area contributed by atoms with E-state index < -0.39 is 11.7 Å². The van der Waals surface area contributed by atoms with Crippen LogP contribution >= 0.6 is 0 Å². The minimum atomic E-state index is -0.453. The van der Waals surface area contributed by atoms with Crippen LogP contribution in [-0.4, -0.2) is 82.1 Å². The molecule has 1 atom stereocenters. The van der Waals surface area contributed by atoms with E-state index in [4.69, 9.17) is 9.47 Å². The summed E-state index contributed by atoms with van der Waals surface area (Å²) in [7, 11) is 0. The molecule has 1 unspecified atom stereocenters. The highest BCUT2D eigenvalue weighted by molar-refractivity contribution is 5.94. The van der Waals surface area contributed by atoms with Gasteiger partial charge < -0.3 is 9.47 Å². The van der Waals surface area contributed by atoms with Gasteiger partial charge in [0.05, 0.1) is 32.7 Å². The number of rotatable bonds is 6. The van der Waals surface area contributed by atoms with Gasteiger partial charge in [-0.25, -0.2) is 19.4 Å². The molecule has 0 saturated carbocycles. The fourth-order valence-electron chi connectivity index (χ4n) is 4.39. The van der Waals surface area contributed by atoms with Crippen molar-refractivity contribution in [2.24, 2.45) is 0 Å². The Bertz CT molecular complexity index is 1220. The van der Waals surface area contributed by atoms with Gasteiger partial charge >= 0.3 is 6.01 Å². The molecule has 0 aliphatic carbocycles. The summed E-state index contributed by atoms with van der Waals surface area (Å²) in [6.07, 6.45) is 1.29. The molecule has 2 amide bonds. The van der Waals surface area contributed by atoms with E-state index in [0.29, 0.717) is 45.1 Å². The van der Waals surface area contributed by atoms with Crippen LogP contribution in [0.4, 0.5) is 4.39 Å². The highest BCUT2D eigenvalue weighted by Gasteiger charge is 2.40. The number of carbonyl (C=O) groups excluding carboxylic acids is 2. The van der Waals surface area contributed by atoms with Crippen molar-refractivity contribution in [3.8, 4) is 11.8 Å². The maximum Gasteiger partial charge on any atom is 0.322 e. The number of nitrogens with zero attached hydrogens (tertiary/aromatic N) is 5. The highest BCUT2D eigenvalue weighted by atomic mass is 19.1. The first kappa shape index (κ1) is 23.8. The van der Waals surface area contributed by atoms with Crippen LogP contribution in [0.25, 0.3) is 0 Å². The summed E-state index contributed by atoms with van der Waals surface area (Å²) in [6.45, 7) is 3.24. The molecule has 2 aliphatic heterocycles. The van der Waals surface area contributed by atoms with E-state index in [1.165, 1.54) is 28.3 Å². The Labute approximate surface area is 208 Å². The number of carbonyl (C=O) groups is 2. The number of morpholine rings is 1. The molecule has 3 heterocycles. The Balaban J connectivity index is 1.38. The molecule has 0 N–H and O–H groups in total. The van der Waals surface area contributed by atoms with Crippen LogP contribution in [0, 0.1) is 5.82 Å². The van der Waals surface area contributed by atoms with E-state index in [0.717, 1.165) is 0 Å². The molecule has 0 bridgehead atoms. The van der Waals surface area contributed by atoms with Gasteiger partial charge in [-0.15, -0.1) is 0 Å². The molecule has 2 aliphatic rings. The molecule has 1 aromatic heterocycles. The summed E-state index contributed by atoms with van der Waals surface area (Å²) in [6, 6.07) is 16.6. The van der Waals surface area contributed by atoms with E-state index in [1.54, 1.807) is 30.3 Å². The summed E-state index contributed by atoms with van der Waals surface area (Å²) in [5.41, 5.74) is 0.382. The minimum Gasteiger partial charge on any atom is -0.424 e. The number of halogens is 1. The molecule has 2 aromatic carbocycles. The Kier molecular flexibility index (Phi) is 7.15. The number of para-hydroxylation sites is 1. The summed E-state index contributed by atoms with van der Waals surface area (Å²) >= 11 is 0. The van der Waals surface area contributed by atoms with Crippen LogP contribution in [0.15, 0.2) is 66.9 Å². The number of hydrazine groups is 1. The first-order valence-electron chi connectivity index (χ1n) is 11.8. The normalized spacial score (nSPS) is 18.3. The Hall–Kier alpha value is -3.89. The van der Waals surface area contributed by atoms with E-state index >= 15 is 0 Å². The number of amides is 2.